The molecule has 0 saturated carbocycles. The van der Waals surface area contributed by atoms with Crippen LogP contribution >= 0.6 is 0 Å². The molecule has 3 aromatic heterocycles. The summed E-state index contributed by atoms with van der Waals surface area (Å²) in [6.45, 7) is 0. The van der Waals surface area contributed by atoms with E-state index in [-0.39, 0.29) is 11.3 Å². The third-order valence-corrected chi connectivity index (χ3v) is 17.3. The smallest absolute Gasteiger partial charge is 0.185 e. The van der Waals surface area contributed by atoms with Crippen LogP contribution in [0.1, 0.15) is 52.6 Å². The molecule has 9 aromatic carbocycles. The SMILES string of the molecule is N#CC1=CCC(S(=O)(=O)c2ccc(-n3c4ccc(C#Cc5ccccc5)cc4c4c5c(c6cc(C#Cc7ccccc7)ccc6n5C5=CCCC=C5)c5c(c6cc(C#Cc7ccccc7)ccc6n5-c5ccccc5)c43)cc2)C=C1. The van der Waals surface area contributed by atoms with Gasteiger partial charge in [-0.2, -0.15) is 5.26 Å². The first-order valence-corrected chi connectivity index (χ1v) is 28.3. The number of fused-ring (bicyclic) bond motifs is 12. The molecule has 3 heterocycles. The predicted molar refractivity (Wildman–Crippen MR) is 326 cm³/mol. The molecule has 0 N–H and O–H groups in total. The zero-order chi connectivity index (χ0) is 53.7. The molecule has 0 aliphatic heterocycles. The molecule has 14 rings (SSSR count). The Balaban J connectivity index is 1.17. The summed E-state index contributed by atoms with van der Waals surface area (Å²) in [4.78, 5) is 0.209. The fraction of sp³-hybridized carbons (Fsp3) is 0.0548. The first-order chi connectivity index (χ1) is 39.4. The van der Waals surface area contributed by atoms with Crippen molar-refractivity contribution in [1.29, 1.82) is 5.26 Å². The summed E-state index contributed by atoms with van der Waals surface area (Å²) in [6, 6.07) is 69.9. The number of nitrogens with zero attached hydrogens (tertiary/aromatic N) is 4. The lowest BCUT2D eigenvalue weighted by Gasteiger charge is -2.16. The molecule has 80 heavy (non-hydrogen) atoms. The molecule has 12 aromatic rings. The van der Waals surface area contributed by atoms with Gasteiger partial charge in [0.1, 0.15) is 0 Å². The van der Waals surface area contributed by atoms with Gasteiger partial charge < -0.3 is 13.7 Å². The van der Waals surface area contributed by atoms with Crippen LogP contribution in [0.25, 0.3) is 82.5 Å². The number of nitriles is 1. The van der Waals surface area contributed by atoms with E-state index in [1.165, 1.54) is 0 Å². The molecule has 0 saturated heterocycles. The first kappa shape index (κ1) is 47.9. The van der Waals surface area contributed by atoms with E-state index in [9.17, 15) is 13.7 Å². The van der Waals surface area contributed by atoms with Gasteiger partial charge in [0.05, 0.1) is 49.3 Å². The fourth-order valence-corrected chi connectivity index (χ4v) is 13.1. The number of allylic oxidation sites excluding steroid dienone is 7. The van der Waals surface area contributed by atoms with Gasteiger partial charge in [-0.3, -0.25) is 0 Å². The van der Waals surface area contributed by atoms with E-state index >= 15 is 0 Å². The van der Waals surface area contributed by atoms with Gasteiger partial charge in [0, 0.05) is 88.3 Å². The lowest BCUT2D eigenvalue weighted by atomic mass is 10.00. The number of para-hydroxylation sites is 1. The molecule has 0 spiro atoms. The highest BCUT2D eigenvalue weighted by atomic mass is 32.2. The van der Waals surface area contributed by atoms with Crippen molar-refractivity contribution in [2.24, 2.45) is 0 Å². The summed E-state index contributed by atoms with van der Waals surface area (Å²) in [7, 11) is -3.81. The molecule has 2 aliphatic rings. The predicted octanol–water partition coefficient (Wildman–Crippen LogP) is 15.9. The van der Waals surface area contributed by atoms with Crippen molar-refractivity contribution >= 4 is 81.0 Å². The lowest BCUT2D eigenvalue weighted by molar-refractivity contribution is 0.588. The number of hydrogen-bond acceptors (Lipinski definition) is 3. The van der Waals surface area contributed by atoms with Crippen LogP contribution in [-0.4, -0.2) is 27.4 Å². The molecular weight excluding hydrogens is 997 g/mol. The van der Waals surface area contributed by atoms with Crippen LogP contribution in [0.5, 0.6) is 0 Å². The van der Waals surface area contributed by atoms with Crippen LogP contribution in [0.2, 0.25) is 0 Å². The van der Waals surface area contributed by atoms with Crippen molar-refractivity contribution in [3.63, 3.8) is 0 Å². The zero-order valence-corrected chi connectivity index (χ0v) is 44.0. The van der Waals surface area contributed by atoms with Gasteiger partial charge >= 0.3 is 0 Å². The Morgan fingerprint density at radius 2 is 0.850 bits per heavy atom. The van der Waals surface area contributed by atoms with Crippen LogP contribution in [0, 0.1) is 46.9 Å². The van der Waals surface area contributed by atoms with Crippen LogP contribution in [-0.2, 0) is 9.84 Å². The summed E-state index contributed by atoms with van der Waals surface area (Å²) in [5.41, 5.74) is 14.7. The van der Waals surface area contributed by atoms with Crippen LogP contribution in [0.4, 0.5) is 0 Å². The summed E-state index contributed by atoms with van der Waals surface area (Å²) in [6.07, 6.45) is 13.8. The molecule has 0 fully saturated rings. The van der Waals surface area contributed by atoms with Gasteiger partial charge in [-0.25, -0.2) is 8.42 Å². The third-order valence-electron chi connectivity index (χ3n) is 15.2. The highest BCUT2D eigenvalue weighted by molar-refractivity contribution is 7.92. The van der Waals surface area contributed by atoms with Gasteiger partial charge in [0.25, 0.3) is 0 Å². The van der Waals surface area contributed by atoms with Crippen molar-refractivity contribution in [2.45, 2.75) is 29.4 Å². The fourth-order valence-electron chi connectivity index (χ4n) is 11.6. The third kappa shape index (κ3) is 8.30. The topological polar surface area (TPSA) is 72.7 Å². The monoisotopic (exact) mass is 1040 g/mol. The van der Waals surface area contributed by atoms with E-state index in [1.807, 2.05) is 103 Å². The maximum Gasteiger partial charge on any atom is 0.185 e. The normalized spacial score (nSPS) is 14.1. The minimum atomic E-state index is -3.81. The summed E-state index contributed by atoms with van der Waals surface area (Å²) in [5, 5.41) is 14.9. The summed E-state index contributed by atoms with van der Waals surface area (Å²) < 4.78 is 35.9. The molecule has 1 unspecified atom stereocenters. The average Bonchev–Trinajstić information content (AvgIpc) is 4.33. The summed E-state index contributed by atoms with van der Waals surface area (Å²) >= 11 is 0. The number of rotatable bonds is 5. The van der Waals surface area contributed by atoms with E-state index in [0.717, 1.165) is 129 Å². The quantitative estimate of drug-likeness (QED) is 0.161. The van der Waals surface area contributed by atoms with Crippen molar-refractivity contribution in [1.82, 2.24) is 13.7 Å². The van der Waals surface area contributed by atoms with Crippen LogP contribution in [0.15, 0.2) is 247 Å². The van der Waals surface area contributed by atoms with E-state index in [0.29, 0.717) is 5.57 Å². The van der Waals surface area contributed by atoms with Gasteiger partial charge in [-0.1, -0.05) is 133 Å². The van der Waals surface area contributed by atoms with Gasteiger partial charge in [-0.15, -0.1) is 0 Å². The van der Waals surface area contributed by atoms with E-state index in [2.05, 4.69) is 158 Å². The molecule has 376 valence electrons. The van der Waals surface area contributed by atoms with Crippen molar-refractivity contribution < 1.29 is 8.42 Å². The second-order valence-electron chi connectivity index (χ2n) is 20.1. The van der Waals surface area contributed by atoms with Gasteiger partial charge in [-0.05, 0) is 159 Å². The van der Waals surface area contributed by atoms with Crippen molar-refractivity contribution in [3.05, 3.63) is 276 Å². The maximum absolute atomic E-state index is 14.4. The Bertz CT molecular complexity index is 5030. The average molecular weight is 1040 g/mol. The standard InChI is InChI=1S/C73H46N4O2S/c74-49-56-32-39-60(40-33-56)80(78,79)61-41-37-59(38-42-61)77-67-45-36-55(31-28-52-20-10-3-11-21-52)48-64(67)70-72-68(62-46-53(29-26-50-16-6-1-7-17-50)34-43-65(62)75(72)57-22-12-4-13-23-57)71-69(73(70)77)63-47-54(30-27-51-18-8-2-9-19-51)35-44-66(63)76(71)58-24-14-5-15-25-58/h1-3,5-12,14-25,32-39,41-48,60H,4,13,40H2. The molecule has 0 radical (unpaired) electrons. The first-order valence-electron chi connectivity index (χ1n) is 26.7. The molecule has 7 heteroatoms. The van der Waals surface area contributed by atoms with E-state index in [4.69, 9.17) is 0 Å². The molecule has 0 bridgehead atoms. The molecule has 2 aliphatic carbocycles. The van der Waals surface area contributed by atoms with E-state index < -0.39 is 15.1 Å². The Labute approximate surface area is 463 Å². The highest BCUT2D eigenvalue weighted by Gasteiger charge is 2.31. The Hall–Kier alpha value is -10.5. The Kier molecular flexibility index (Phi) is 11.8. The second-order valence-corrected chi connectivity index (χ2v) is 22.3. The molecule has 0 amide bonds. The second kappa shape index (κ2) is 19.8. The van der Waals surface area contributed by atoms with Crippen LogP contribution in [0.3, 0.4) is 0 Å². The molecular formula is C73H46N4O2S. The number of sulfone groups is 1. The Morgan fingerprint density at radius 1 is 0.425 bits per heavy atom. The number of aromatic nitrogens is 3. The lowest BCUT2D eigenvalue weighted by Crippen LogP contribution is -2.20. The summed E-state index contributed by atoms with van der Waals surface area (Å²) in [5.74, 6) is 20.9. The minimum absolute atomic E-state index is 0.209. The largest absolute Gasteiger partial charge is 0.309 e. The number of benzene rings is 9. The molecule has 1 atom stereocenters. The van der Waals surface area contributed by atoms with Gasteiger partial charge in [0.2, 0.25) is 0 Å². The van der Waals surface area contributed by atoms with Crippen molar-refractivity contribution in [2.75, 3.05) is 0 Å². The van der Waals surface area contributed by atoms with Crippen LogP contribution < -0.4 is 0 Å². The zero-order valence-electron chi connectivity index (χ0n) is 43.2. The molecule has 6 nitrogen and oxygen atoms in total. The van der Waals surface area contributed by atoms with E-state index in [1.54, 1.807) is 30.4 Å². The van der Waals surface area contributed by atoms with Crippen molar-refractivity contribution in [3.8, 4) is 53.0 Å². The highest BCUT2D eigenvalue weighted by Crippen LogP contribution is 2.51. The van der Waals surface area contributed by atoms with Gasteiger partial charge in [0.15, 0.2) is 9.84 Å². The minimum Gasteiger partial charge on any atom is -0.309 e. The maximum atomic E-state index is 14.4. The Morgan fingerprint density at radius 3 is 1.27 bits per heavy atom. The number of hydrogen-bond donors (Lipinski definition) is 0.